The van der Waals surface area contributed by atoms with Crippen molar-refractivity contribution in [3.63, 3.8) is 0 Å². The second-order valence-corrected chi connectivity index (χ2v) is 6.68. The van der Waals surface area contributed by atoms with Gasteiger partial charge in [-0.3, -0.25) is 0 Å². The Bertz CT molecular complexity index is 150. The number of hydrogen-bond donors (Lipinski definition) is 0. The first-order valence-corrected chi connectivity index (χ1v) is 7.07. The first-order valence-electron chi connectivity index (χ1n) is 5.14. The van der Waals surface area contributed by atoms with Gasteiger partial charge in [0.2, 0.25) is 0 Å². The van der Waals surface area contributed by atoms with E-state index < -0.39 is 8.80 Å². The summed E-state index contributed by atoms with van der Waals surface area (Å²) in [6, 6.07) is 0.885. The quantitative estimate of drug-likeness (QED) is 0.623. The molecule has 1 saturated heterocycles. The van der Waals surface area contributed by atoms with E-state index in [4.69, 9.17) is 13.3 Å². The Labute approximate surface area is 87.5 Å². The highest BCUT2D eigenvalue weighted by Gasteiger charge is 2.37. The Morgan fingerprint density at radius 3 is 1.93 bits per heavy atom. The normalized spacial score (nSPS) is 19.1. The van der Waals surface area contributed by atoms with Crippen molar-refractivity contribution in [3.05, 3.63) is 0 Å². The third-order valence-electron chi connectivity index (χ3n) is 2.87. The van der Waals surface area contributed by atoms with Crippen LogP contribution in [0.4, 0.5) is 0 Å². The lowest BCUT2D eigenvalue weighted by molar-refractivity contribution is 0.119. The molecule has 0 amide bonds. The van der Waals surface area contributed by atoms with Gasteiger partial charge in [-0.05, 0) is 25.9 Å². The lowest BCUT2D eigenvalue weighted by atomic mass is 10.4. The van der Waals surface area contributed by atoms with Crippen LogP contribution in [0.5, 0.6) is 0 Å². The van der Waals surface area contributed by atoms with Gasteiger partial charge in [-0.1, -0.05) is 0 Å². The smallest absolute Gasteiger partial charge is 0.377 e. The first-order chi connectivity index (χ1) is 6.76. The van der Waals surface area contributed by atoms with Gasteiger partial charge in [0.15, 0.2) is 0 Å². The number of rotatable bonds is 6. The fourth-order valence-corrected chi connectivity index (χ4v) is 3.56. The largest absolute Gasteiger partial charge is 0.501 e. The Kier molecular flexibility index (Phi) is 5.04. The third kappa shape index (κ3) is 3.03. The molecule has 1 aliphatic rings. The van der Waals surface area contributed by atoms with E-state index in [1.807, 2.05) is 0 Å². The second-order valence-electron chi connectivity index (χ2n) is 3.59. The van der Waals surface area contributed by atoms with Crippen LogP contribution >= 0.6 is 0 Å². The van der Waals surface area contributed by atoms with Crippen molar-refractivity contribution < 1.29 is 13.3 Å². The molecular formula is C9H21NO3Si. The molecule has 0 unspecified atom stereocenters. The van der Waals surface area contributed by atoms with Crippen LogP contribution in [0.3, 0.4) is 0 Å². The summed E-state index contributed by atoms with van der Waals surface area (Å²) in [6.07, 6.45) is 2.64. The zero-order valence-electron chi connectivity index (χ0n) is 9.41. The fourth-order valence-electron chi connectivity index (χ4n) is 1.86. The molecule has 14 heavy (non-hydrogen) atoms. The minimum Gasteiger partial charge on any atom is -0.377 e. The van der Waals surface area contributed by atoms with E-state index in [0.29, 0.717) is 0 Å². The SMILES string of the molecule is CO[Si](CCN1CCCC1)(OC)OC. The summed E-state index contributed by atoms with van der Waals surface area (Å²) < 4.78 is 16.1. The molecule has 0 spiro atoms. The Morgan fingerprint density at radius 2 is 1.50 bits per heavy atom. The van der Waals surface area contributed by atoms with Crippen molar-refractivity contribution in [1.29, 1.82) is 0 Å². The Morgan fingerprint density at radius 1 is 1.00 bits per heavy atom. The summed E-state index contributed by atoms with van der Waals surface area (Å²) in [5.74, 6) is 0. The van der Waals surface area contributed by atoms with E-state index in [-0.39, 0.29) is 0 Å². The molecule has 0 radical (unpaired) electrons. The molecule has 0 aromatic heterocycles. The van der Waals surface area contributed by atoms with E-state index in [1.165, 1.54) is 25.9 Å². The van der Waals surface area contributed by atoms with Gasteiger partial charge in [0, 0.05) is 33.9 Å². The lowest BCUT2D eigenvalue weighted by Crippen LogP contribution is -2.45. The molecule has 0 aliphatic carbocycles. The molecule has 0 saturated carbocycles. The molecule has 1 rings (SSSR count). The molecule has 0 atom stereocenters. The molecule has 1 aliphatic heterocycles. The summed E-state index contributed by atoms with van der Waals surface area (Å²) in [5.41, 5.74) is 0. The minimum absolute atomic E-state index is 0.885. The summed E-state index contributed by atoms with van der Waals surface area (Å²) in [5, 5.41) is 0. The maximum absolute atomic E-state index is 5.36. The predicted molar refractivity (Wildman–Crippen MR) is 57.3 cm³/mol. The fraction of sp³-hybridized carbons (Fsp3) is 1.00. The molecule has 0 N–H and O–H groups in total. The highest BCUT2D eigenvalue weighted by Crippen LogP contribution is 2.15. The zero-order valence-corrected chi connectivity index (χ0v) is 10.4. The number of hydrogen-bond acceptors (Lipinski definition) is 4. The number of likely N-dealkylation sites (tertiary alicyclic amines) is 1. The van der Waals surface area contributed by atoms with E-state index in [9.17, 15) is 0 Å². The van der Waals surface area contributed by atoms with Crippen LogP contribution in [-0.4, -0.2) is 54.7 Å². The van der Waals surface area contributed by atoms with Gasteiger partial charge in [0.25, 0.3) is 0 Å². The first kappa shape index (κ1) is 12.1. The van der Waals surface area contributed by atoms with Crippen LogP contribution in [-0.2, 0) is 13.3 Å². The van der Waals surface area contributed by atoms with Crippen LogP contribution in [0, 0.1) is 0 Å². The van der Waals surface area contributed by atoms with Crippen molar-refractivity contribution >= 4 is 8.80 Å². The van der Waals surface area contributed by atoms with E-state index in [1.54, 1.807) is 21.3 Å². The van der Waals surface area contributed by atoms with Crippen LogP contribution in [0.25, 0.3) is 0 Å². The van der Waals surface area contributed by atoms with Gasteiger partial charge in [-0.2, -0.15) is 0 Å². The molecule has 1 heterocycles. The standard InChI is InChI=1S/C9H21NO3Si/c1-11-14(12-2,13-3)9-8-10-6-4-5-7-10/h4-9H2,1-3H3. The maximum atomic E-state index is 5.36. The van der Waals surface area contributed by atoms with Crippen molar-refractivity contribution in [2.75, 3.05) is 41.0 Å². The minimum atomic E-state index is -2.33. The molecule has 5 heteroatoms. The Hall–Kier alpha value is 0.0569. The summed E-state index contributed by atoms with van der Waals surface area (Å²) in [4.78, 5) is 2.44. The summed E-state index contributed by atoms with van der Waals surface area (Å²) in [7, 11) is 2.68. The van der Waals surface area contributed by atoms with Crippen molar-refractivity contribution in [2.24, 2.45) is 0 Å². The highest BCUT2D eigenvalue weighted by molar-refractivity contribution is 6.60. The van der Waals surface area contributed by atoms with Crippen LogP contribution in [0.2, 0.25) is 6.04 Å². The monoisotopic (exact) mass is 219 g/mol. The predicted octanol–water partition coefficient (Wildman–Crippen LogP) is 0.960. The second kappa shape index (κ2) is 5.82. The molecular weight excluding hydrogens is 198 g/mol. The summed E-state index contributed by atoms with van der Waals surface area (Å²) in [6.45, 7) is 3.45. The van der Waals surface area contributed by atoms with Gasteiger partial charge in [0.1, 0.15) is 0 Å². The van der Waals surface area contributed by atoms with Crippen LogP contribution in [0.15, 0.2) is 0 Å². The molecule has 84 valence electrons. The molecule has 4 nitrogen and oxygen atoms in total. The lowest BCUT2D eigenvalue weighted by Gasteiger charge is -2.26. The highest BCUT2D eigenvalue weighted by atomic mass is 28.4. The topological polar surface area (TPSA) is 30.9 Å². The van der Waals surface area contributed by atoms with E-state index in [2.05, 4.69) is 4.90 Å². The average Bonchev–Trinajstić information content (AvgIpc) is 2.74. The molecule has 1 fully saturated rings. The zero-order chi connectivity index (χ0) is 10.4. The Balaban J connectivity index is 2.31. The van der Waals surface area contributed by atoms with Crippen LogP contribution < -0.4 is 0 Å². The third-order valence-corrected chi connectivity index (χ3v) is 5.57. The number of nitrogens with zero attached hydrogens (tertiary/aromatic N) is 1. The van der Waals surface area contributed by atoms with Crippen molar-refractivity contribution in [3.8, 4) is 0 Å². The summed E-state index contributed by atoms with van der Waals surface area (Å²) >= 11 is 0. The van der Waals surface area contributed by atoms with E-state index >= 15 is 0 Å². The van der Waals surface area contributed by atoms with Gasteiger partial charge in [0.05, 0.1) is 0 Å². The molecule has 0 aromatic rings. The van der Waals surface area contributed by atoms with E-state index in [0.717, 1.165) is 12.6 Å². The molecule has 0 bridgehead atoms. The van der Waals surface area contributed by atoms with Gasteiger partial charge in [-0.25, -0.2) is 0 Å². The van der Waals surface area contributed by atoms with Crippen molar-refractivity contribution in [1.82, 2.24) is 4.90 Å². The molecule has 0 aromatic carbocycles. The van der Waals surface area contributed by atoms with Gasteiger partial charge >= 0.3 is 8.80 Å². The van der Waals surface area contributed by atoms with Gasteiger partial charge < -0.3 is 18.2 Å². The van der Waals surface area contributed by atoms with Gasteiger partial charge in [-0.15, -0.1) is 0 Å². The van der Waals surface area contributed by atoms with Crippen molar-refractivity contribution in [2.45, 2.75) is 18.9 Å². The maximum Gasteiger partial charge on any atom is 0.501 e. The van der Waals surface area contributed by atoms with Crippen LogP contribution in [0.1, 0.15) is 12.8 Å². The average molecular weight is 219 g/mol.